The van der Waals surface area contributed by atoms with E-state index in [1.165, 1.54) is 25.3 Å². The van der Waals surface area contributed by atoms with Crippen LogP contribution in [0.2, 0.25) is 0 Å². The second kappa shape index (κ2) is 9.69. The van der Waals surface area contributed by atoms with Crippen molar-refractivity contribution in [1.82, 2.24) is 10.0 Å². The number of nitrogens with one attached hydrogen (secondary N) is 2. The Labute approximate surface area is 175 Å². The first kappa shape index (κ1) is 24.0. The Balaban J connectivity index is 2.14. The highest BCUT2D eigenvalue weighted by molar-refractivity contribution is 7.89. The molecule has 1 aliphatic rings. The van der Waals surface area contributed by atoms with Crippen LogP contribution in [-0.4, -0.2) is 57.1 Å². The minimum Gasteiger partial charge on any atom is -0.444 e. The third-order valence-electron chi connectivity index (χ3n) is 4.28. The summed E-state index contributed by atoms with van der Waals surface area (Å²) in [7, 11) is -2.72. The number of nitro groups is 1. The molecule has 11 nitrogen and oxygen atoms in total. The van der Waals surface area contributed by atoms with E-state index in [9.17, 15) is 23.3 Å². The quantitative estimate of drug-likeness (QED) is 0.350. The predicted octanol–water partition coefficient (Wildman–Crippen LogP) is 1.92. The highest BCUT2D eigenvalue weighted by Gasteiger charge is 2.39. The van der Waals surface area contributed by atoms with Crippen LogP contribution < -0.4 is 10.0 Å². The minimum atomic E-state index is -4.17. The normalized spacial score (nSPS) is 21.9. The largest absolute Gasteiger partial charge is 0.444 e. The van der Waals surface area contributed by atoms with Crippen LogP contribution in [0.3, 0.4) is 0 Å². The third kappa shape index (κ3) is 6.62. The SMILES string of the molecule is COCO[C@H]1C[C@@H](NS(=O)(=O)c2ccccc2[N+](=O)[O-])C[C@H]1NC(=O)OC(C)(C)C. The molecule has 0 radical (unpaired) electrons. The Morgan fingerprint density at radius 3 is 2.53 bits per heavy atom. The van der Waals surface area contributed by atoms with E-state index in [-0.39, 0.29) is 19.6 Å². The molecule has 2 rings (SSSR count). The molecule has 0 heterocycles. The monoisotopic (exact) mass is 445 g/mol. The molecule has 168 valence electrons. The van der Waals surface area contributed by atoms with Crippen molar-refractivity contribution >= 4 is 21.8 Å². The maximum atomic E-state index is 12.8. The standard InChI is InChI=1S/C18H27N3O8S/c1-18(2,3)29-17(22)19-13-9-12(10-15(13)28-11-27-4)20-30(25,26)16-8-6-5-7-14(16)21(23)24/h5-8,12-13,15,20H,9-11H2,1-4H3,(H,19,22)/t12-,13+,15-/m0/s1. The lowest BCUT2D eigenvalue weighted by molar-refractivity contribution is -0.387. The predicted molar refractivity (Wildman–Crippen MR) is 106 cm³/mol. The number of carbonyl (C=O) groups is 1. The zero-order chi connectivity index (χ0) is 22.5. The fraction of sp³-hybridized carbons (Fsp3) is 0.611. The molecule has 0 aromatic heterocycles. The number of hydrogen-bond donors (Lipinski definition) is 2. The topological polar surface area (TPSA) is 146 Å². The van der Waals surface area contributed by atoms with E-state index in [2.05, 4.69) is 10.0 Å². The van der Waals surface area contributed by atoms with Gasteiger partial charge in [-0.3, -0.25) is 10.1 Å². The van der Waals surface area contributed by atoms with Gasteiger partial charge in [-0.15, -0.1) is 0 Å². The number of ether oxygens (including phenoxy) is 3. The first-order valence-electron chi connectivity index (χ1n) is 9.29. The van der Waals surface area contributed by atoms with E-state index in [0.29, 0.717) is 0 Å². The number of para-hydroxylation sites is 1. The number of methoxy groups -OCH3 is 1. The van der Waals surface area contributed by atoms with E-state index < -0.39 is 55.4 Å². The van der Waals surface area contributed by atoms with Gasteiger partial charge in [0.15, 0.2) is 4.90 Å². The minimum absolute atomic E-state index is 0.0409. The maximum absolute atomic E-state index is 12.8. The van der Waals surface area contributed by atoms with Gasteiger partial charge >= 0.3 is 6.09 Å². The molecular weight excluding hydrogens is 418 g/mol. The molecule has 30 heavy (non-hydrogen) atoms. The molecule has 0 unspecified atom stereocenters. The van der Waals surface area contributed by atoms with E-state index in [4.69, 9.17) is 14.2 Å². The van der Waals surface area contributed by atoms with Gasteiger partial charge in [-0.05, 0) is 39.7 Å². The van der Waals surface area contributed by atoms with Crippen LogP contribution in [0.25, 0.3) is 0 Å². The molecule has 1 saturated carbocycles. The summed E-state index contributed by atoms with van der Waals surface area (Å²) in [5.74, 6) is 0. The van der Waals surface area contributed by atoms with Crippen LogP contribution in [0.5, 0.6) is 0 Å². The molecule has 0 spiro atoms. The van der Waals surface area contributed by atoms with Crippen LogP contribution >= 0.6 is 0 Å². The molecular formula is C18H27N3O8S. The van der Waals surface area contributed by atoms with Crippen molar-refractivity contribution in [3.63, 3.8) is 0 Å². The fourth-order valence-corrected chi connectivity index (χ4v) is 4.60. The molecule has 1 aliphatic carbocycles. The molecule has 1 amide bonds. The van der Waals surface area contributed by atoms with Gasteiger partial charge in [-0.1, -0.05) is 12.1 Å². The Bertz CT molecular complexity index is 868. The first-order valence-corrected chi connectivity index (χ1v) is 10.8. The highest BCUT2D eigenvalue weighted by atomic mass is 32.2. The van der Waals surface area contributed by atoms with Crippen molar-refractivity contribution in [3.8, 4) is 0 Å². The summed E-state index contributed by atoms with van der Waals surface area (Å²) in [6.07, 6.45) is -0.728. The number of rotatable bonds is 8. The third-order valence-corrected chi connectivity index (χ3v) is 5.85. The number of carbonyl (C=O) groups excluding carboxylic acids is 1. The molecule has 0 aliphatic heterocycles. The maximum Gasteiger partial charge on any atom is 0.407 e. The van der Waals surface area contributed by atoms with Gasteiger partial charge in [-0.25, -0.2) is 17.9 Å². The van der Waals surface area contributed by atoms with Crippen LogP contribution in [0.1, 0.15) is 33.6 Å². The van der Waals surface area contributed by atoms with Gasteiger partial charge in [0, 0.05) is 19.2 Å². The van der Waals surface area contributed by atoms with Crippen molar-refractivity contribution in [2.24, 2.45) is 0 Å². The number of nitro benzene ring substituents is 1. The first-order chi connectivity index (χ1) is 13.9. The number of alkyl carbamates (subject to hydrolysis) is 1. The summed E-state index contributed by atoms with van der Waals surface area (Å²) >= 11 is 0. The van der Waals surface area contributed by atoms with E-state index in [1.54, 1.807) is 20.8 Å². The molecule has 12 heteroatoms. The van der Waals surface area contributed by atoms with E-state index >= 15 is 0 Å². The van der Waals surface area contributed by atoms with Gasteiger partial charge < -0.3 is 19.5 Å². The number of nitrogens with zero attached hydrogens (tertiary/aromatic N) is 1. The van der Waals surface area contributed by atoms with Crippen molar-refractivity contribution in [2.75, 3.05) is 13.9 Å². The van der Waals surface area contributed by atoms with Gasteiger partial charge in [0.25, 0.3) is 5.69 Å². The Morgan fingerprint density at radius 1 is 1.27 bits per heavy atom. The molecule has 2 N–H and O–H groups in total. The van der Waals surface area contributed by atoms with Gasteiger partial charge in [0.05, 0.1) is 17.1 Å². The summed E-state index contributed by atoms with van der Waals surface area (Å²) in [5, 5.41) is 13.9. The van der Waals surface area contributed by atoms with Crippen LogP contribution in [-0.2, 0) is 24.2 Å². The smallest absolute Gasteiger partial charge is 0.407 e. The zero-order valence-electron chi connectivity index (χ0n) is 17.3. The van der Waals surface area contributed by atoms with Crippen LogP contribution in [0, 0.1) is 10.1 Å². The van der Waals surface area contributed by atoms with Crippen molar-refractivity contribution in [2.45, 2.75) is 62.3 Å². The highest BCUT2D eigenvalue weighted by Crippen LogP contribution is 2.28. The van der Waals surface area contributed by atoms with Crippen molar-refractivity contribution in [1.29, 1.82) is 0 Å². The average Bonchev–Trinajstić information content (AvgIpc) is 2.98. The Kier molecular flexibility index (Phi) is 7.75. The zero-order valence-corrected chi connectivity index (χ0v) is 18.1. The molecule has 3 atom stereocenters. The van der Waals surface area contributed by atoms with E-state index in [1.807, 2.05) is 0 Å². The lowest BCUT2D eigenvalue weighted by Crippen LogP contribution is -2.44. The molecule has 1 aromatic carbocycles. The molecule has 0 saturated heterocycles. The van der Waals surface area contributed by atoms with E-state index in [0.717, 1.165) is 6.07 Å². The summed E-state index contributed by atoms with van der Waals surface area (Å²) < 4.78 is 43.7. The lowest BCUT2D eigenvalue weighted by Gasteiger charge is -2.24. The average molecular weight is 445 g/mol. The van der Waals surface area contributed by atoms with Gasteiger partial charge in [0.2, 0.25) is 10.0 Å². The number of hydrogen-bond acceptors (Lipinski definition) is 8. The second-order valence-electron chi connectivity index (χ2n) is 7.88. The van der Waals surface area contributed by atoms with Gasteiger partial charge in [0.1, 0.15) is 12.4 Å². The molecule has 1 aromatic rings. The summed E-state index contributed by atoms with van der Waals surface area (Å²) in [4.78, 5) is 22.1. The summed E-state index contributed by atoms with van der Waals surface area (Å²) in [6, 6.07) is 3.95. The second-order valence-corrected chi connectivity index (χ2v) is 9.56. The van der Waals surface area contributed by atoms with Crippen molar-refractivity contribution < 1.29 is 32.3 Å². The van der Waals surface area contributed by atoms with Gasteiger partial charge in [-0.2, -0.15) is 0 Å². The number of amides is 1. The van der Waals surface area contributed by atoms with Crippen molar-refractivity contribution in [3.05, 3.63) is 34.4 Å². The fourth-order valence-electron chi connectivity index (χ4n) is 3.16. The van der Waals surface area contributed by atoms with Crippen LogP contribution in [0.4, 0.5) is 10.5 Å². The number of sulfonamides is 1. The molecule has 1 fully saturated rings. The van der Waals surface area contributed by atoms with Crippen LogP contribution in [0.15, 0.2) is 29.2 Å². The summed E-state index contributed by atoms with van der Waals surface area (Å²) in [5.41, 5.74) is -1.21. The molecule has 0 bridgehead atoms. The lowest BCUT2D eigenvalue weighted by atomic mass is 10.2. The Morgan fingerprint density at radius 2 is 1.93 bits per heavy atom. The summed E-state index contributed by atoms with van der Waals surface area (Å²) in [6.45, 7) is 5.14. The Hall–Kier alpha value is -2.28. The number of benzene rings is 1.